The molecule has 1 aromatic carbocycles. The van der Waals surface area contributed by atoms with Gasteiger partial charge in [-0.1, -0.05) is 0 Å². The Balaban J connectivity index is 2.32. The first-order valence-corrected chi connectivity index (χ1v) is 4.41. The molecule has 2 N–H and O–H groups in total. The highest BCUT2D eigenvalue weighted by Crippen LogP contribution is 2.44. The van der Waals surface area contributed by atoms with Crippen molar-refractivity contribution in [3.05, 3.63) is 35.4 Å². The van der Waals surface area contributed by atoms with E-state index >= 15 is 0 Å². The van der Waals surface area contributed by atoms with Gasteiger partial charge in [0.25, 0.3) is 0 Å². The molecule has 0 saturated heterocycles. The van der Waals surface area contributed by atoms with E-state index in [9.17, 15) is 13.2 Å². The largest absolute Gasteiger partial charge is 0.327 e. The fraction of sp³-hybridized carbons (Fsp3) is 0.400. The van der Waals surface area contributed by atoms with Gasteiger partial charge in [-0.05, 0) is 17.7 Å². The zero-order valence-electron chi connectivity index (χ0n) is 7.43. The molecule has 0 aliphatic heterocycles. The molecule has 0 bridgehead atoms. The van der Waals surface area contributed by atoms with Crippen LogP contribution in [0.15, 0.2) is 18.2 Å². The van der Waals surface area contributed by atoms with E-state index in [2.05, 4.69) is 0 Å². The quantitative estimate of drug-likeness (QED) is 0.740. The second-order valence-electron chi connectivity index (χ2n) is 3.79. The van der Waals surface area contributed by atoms with Gasteiger partial charge < -0.3 is 5.73 Å². The van der Waals surface area contributed by atoms with Gasteiger partial charge in [0.1, 0.15) is 17.3 Å². The van der Waals surface area contributed by atoms with Crippen LogP contribution in [0.1, 0.15) is 18.4 Å². The zero-order chi connectivity index (χ0) is 10.3. The van der Waals surface area contributed by atoms with Crippen molar-refractivity contribution in [3.8, 4) is 0 Å². The van der Waals surface area contributed by atoms with Crippen LogP contribution in [0.2, 0.25) is 0 Å². The highest BCUT2D eigenvalue weighted by atomic mass is 19.1. The Kier molecular flexibility index (Phi) is 2.03. The maximum Gasteiger partial charge on any atom is 0.139 e. The molecule has 1 aromatic rings. The summed E-state index contributed by atoms with van der Waals surface area (Å²) in [5, 5.41) is 0. The molecule has 1 aliphatic rings. The molecule has 1 saturated carbocycles. The molecule has 1 fully saturated rings. The van der Waals surface area contributed by atoms with Crippen LogP contribution >= 0.6 is 0 Å². The lowest BCUT2D eigenvalue weighted by atomic mass is 9.73. The summed E-state index contributed by atoms with van der Waals surface area (Å²) < 4.78 is 39.4. The highest BCUT2D eigenvalue weighted by Gasteiger charge is 2.44. The monoisotopic (exact) mass is 201 g/mol. The lowest BCUT2D eigenvalue weighted by Crippen LogP contribution is -2.46. The fourth-order valence-corrected chi connectivity index (χ4v) is 1.82. The third-order valence-electron chi connectivity index (χ3n) is 2.55. The Bertz CT molecular complexity index is 338. The molecule has 0 aromatic heterocycles. The Morgan fingerprint density at radius 1 is 1.14 bits per heavy atom. The highest BCUT2D eigenvalue weighted by molar-refractivity contribution is 5.27. The van der Waals surface area contributed by atoms with Gasteiger partial charge in [0, 0.05) is 24.9 Å². The smallest absolute Gasteiger partial charge is 0.139 e. The minimum absolute atomic E-state index is 0.0525. The van der Waals surface area contributed by atoms with Crippen LogP contribution in [-0.2, 0) is 5.67 Å². The molecule has 0 spiro atoms. The first kappa shape index (κ1) is 9.52. The summed E-state index contributed by atoms with van der Waals surface area (Å²) >= 11 is 0. The molecule has 0 heterocycles. The average Bonchev–Trinajstić information content (AvgIpc) is 1.99. The normalized spacial score (nSPS) is 31.3. The summed E-state index contributed by atoms with van der Waals surface area (Å²) in [5.74, 6) is -1.50. The Morgan fingerprint density at radius 3 is 2.07 bits per heavy atom. The van der Waals surface area contributed by atoms with Crippen molar-refractivity contribution >= 4 is 0 Å². The van der Waals surface area contributed by atoms with Crippen LogP contribution in [0.3, 0.4) is 0 Å². The van der Waals surface area contributed by atoms with Crippen molar-refractivity contribution in [1.82, 2.24) is 0 Å². The number of rotatable bonds is 1. The number of benzene rings is 1. The average molecular weight is 201 g/mol. The van der Waals surface area contributed by atoms with Gasteiger partial charge >= 0.3 is 0 Å². The predicted octanol–water partition coefficient (Wildman–Crippen LogP) is 2.25. The van der Waals surface area contributed by atoms with Gasteiger partial charge in [-0.15, -0.1) is 0 Å². The van der Waals surface area contributed by atoms with Crippen molar-refractivity contribution in [1.29, 1.82) is 0 Å². The second-order valence-corrected chi connectivity index (χ2v) is 3.79. The van der Waals surface area contributed by atoms with Gasteiger partial charge in [-0.2, -0.15) is 0 Å². The van der Waals surface area contributed by atoms with Gasteiger partial charge in [0.05, 0.1) is 0 Å². The first-order valence-electron chi connectivity index (χ1n) is 4.41. The minimum Gasteiger partial charge on any atom is -0.327 e. The maximum atomic E-state index is 13.8. The molecule has 0 radical (unpaired) electrons. The number of hydrogen-bond donors (Lipinski definition) is 1. The molecular weight excluding hydrogens is 191 g/mol. The number of nitrogens with two attached hydrogens (primary N) is 1. The van der Waals surface area contributed by atoms with Crippen LogP contribution in [0.25, 0.3) is 0 Å². The van der Waals surface area contributed by atoms with Crippen molar-refractivity contribution < 1.29 is 13.2 Å². The van der Waals surface area contributed by atoms with Crippen molar-refractivity contribution in [2.45, 2.75) is 24.6 Å². The second kappa shape index (κ2) is 2.98. The van der Waals surface area contributed by atoms with E-state index in [0.717, 1.165) is 18.2 Å². The number of alkyl halides is 1. The standard InChI is InChI=1S/C10H10F3N/c11-7-1-6(2-8(12)3-7)10(13)4-9(14)5-10/h1-3,9H,4-5,14H2. The van der Waals surface area contributed by atoms with Gasteiger partial charge in [-0.3, -0.25) is 0 Å². The minimum atomic E-state index is -1.64. The van der Waals surface area contributed by atoms with Gasteiger partial charge in [-0.25, -0.2) is 13.2 Å². The lowest BCUT2D eigenvalue weighted by Gasteiger charge is -2.39. The number of halogens is 3. The van der Waals surface area contributed by atoms with E-state index in [4.69, 9.17) is 5.73 Å². The third kappa shape index (κ3) is 1.50. The van der Waals surface area contributed by atoms with E-state index in [1.807, 2.05) is 0 Å². The molecule has 0 unspecified atom stereocenters. The summed E-state index contributed by atoms with van der Waals surface area (Å²) in [5.41, 5.74) is 3.86. The molecule has 14 heavy (non-hydrogen) atoms. The zero-order valence-corrected chi connectivity index (χ0v) is 7.43. The topological polar surface area (TPSA) is 26.0 Å². The molecule has 0 atom stereocenters. The van der Waals surface area contributed by atoms with Crippen molar-refractivity contribution in [3.63, 3.8) is 0 Å². The number of hydrogen-bond acceptors (Lipinski definition) is 1. The van der Waals surface area contributed by atoms with E-state index < -0.39 is 17.3 Å². The van der Waals surface area contributed by atoms with Crippen LogP contribution in [0.5, 0.6) is 0 Å². The Hall–Kier alpha value is -1.03. The fourth-order valence-electron chi connectivity index (χ4n) is 1.82. The molecule has 2 rings (SSSR count). The summed E-state index contributed by atoms with van der Waals surface area (Å²) in [4.78, 5) is 0. The molecule has 76 valence electrons. The first-order chi connectivity index (χ1) is 6.49. The molecule has 4 heteroatoms. The predicted molar refractivity (Wildman–Crippen MR) is 46.4 cm³/mol. The van der Waals surface area contributed by atoms with E-state index in [0.29, 0.717) is 0 Å². The van der Waals surface area contributed by atoms with Gasteiger partial charge in [0.15, 0.2) is 0 Å². The maximum absolute atomic E-state index is 13.8. The van der Waals surface area contributed by atoms with E-state index in [1.54, 1.807) is 0 Å². The molecular formula is C10H10F3N. The van der Waals surface area contributed by atoms with Crippen LogP contribution in [-0.4, -0.2) is 6.04 Å². The van der Waals surface area contributed by atoms with Crippen LogP contribution < -0.4 is 5.73 Å². The summed E-state index contributed by atoms with van der Waals surface area (Å²) in [6.07, 6.45) is 0.270. The van der Waals surface area contributed by atoms with E-state index in [-0.39, 0.29) is 24.4 Å². The Labute approximate surface area is 79.7 Å². The summed E-state index contributed by atoms with van der Waals surface area (Å²) in [6.45, 7) is 0. The summed E-state index contributed by atoms with van der Waals surface area (Å²) in [6, 6.07) is 2.57. The molecule has 1 nitrogen and oxygen atoms in total. The van der Waals surface area contributed by atoms with Crippen molar-refractivity contribution in [2.75, 3.05) is 0 Å². The van der Waals surface area contributed by atoms with E-state index in [1.165, 1.54) is 0 Å². The van der Waals surface area contributed by atoms with Crippen LogP contribution in [0, 0.1) is 11.6 Å². The molecule has 1 aliphatic carbocycles. The Morgan fingerprint density at radius 2 is 1.64 bits per heavy atom. The third-order valence-corrected chi connectivity index (χ3v) is 2.55. The van der Waals surface area contributed by atoms with Gasteiger partial charge in [0.2, 0.25) is 0 Å². The summed E-state index contributed by atoms with van der Waals surface area (Å²) in [7, 11) is 0. The lowest BCUT2D eigenvalue weighted by molar-refractivity contribution is 0.0399. The molecule has 0 amide bonds. The van der Waals surface area contributed by atoms with Crippen LogP contribution in [0.4, 0.5) is 13.2 Å². The van der Waals surface area contributed by atoms with Crippen molar-refractivity contribution in [2.24, 2.45) is 5.73 Å². The SMILES string of the molecule is NC1CC(F)(c2cc(F)cc(F)c2)C1.